The van der Waals surface area contributed by atoms with Gasteiger partial charge in [-0.05, 0) is 37.6 Å². The third-order valence-electron chi connectivity index (χ3n) is 4.63. The van der Waals surface area contributed by atoms with E-state index in [4.69, 9.17) is 9.47 Å². The van der Waals surface area contributed by atoms with Crippen LogP contribution in [0.4, 0.5) is 10.1 Å². The molecule has 0 aliphatic heterocycles. The molecular weight excluding hydrogens is 419 g/mol. The molecule has 164 valence electrons. The maximum atomic E-state index is 13.9. The van der Waals surface area contributed by atoms with Crippen LogP contribution in [-0.4, -0.2) is 33.0 Å². The van der Waals surface area contributed by atoms with Crippen molar-refractivity contribution in [1.82, 2.24) is 14.8 Å². The Morgan fingerprint density at radius 1 is 1.19 bits per heavy atom. The summed E-state index contributed by atoms with van der Waals surface area (Å²) in [6, 6.07) is 13.4. The number of hydrogen-bond donors (Lipinski definition) is 1. The first kappa shape index (κ1) is 22.6. The lowest BCUT2D eigenvalue weighted by molar-refractivity contribution is -0.115. The lowest BCUT2D eigenvalue weighted by Gasteiger charge is -2.16. The fourth-order valence-corrected chi connectivity index (χ4v) is 3.87. The van der Waals surface area contributed by atoms with Gasteiger partial charge in [0.15, 0.2) is 17.1 Å². The van der Waals surface area contributed by atoms with Crippen molar-refractivity contribution < 1.29 is 18.7 Å². The van der Waals surface area contributed by atoms with Crippen LogP contribution >= 0.6 is 11.8 Å². The molecule has 0 spiro atoms. The number of thioether (sulfide) groups is 1. The highest BCUT2D eigenvalue weighted by atomic mass is 32.2. The number of methoxy groups -OCH3 is 1. The van der Waals surface area contributed by atoms with E-state index in [0.717, 1.165) is 0 Å². The second-order valence-corrected chi connectivity index (χ2v) is 7.99. The number of rotatable bonds is 9. The number of benzene rings is 2. The van der Waals surface area contributed by atoms with Gasteiger partial charge in [-0.15, -0.1) is 10.2 Å². The molecule has 31 heavy (non-hydrogen) atoms. The highest BCUT2D eigenvalue weighted by Crippen LogP contribution is 2.29. The Bertz CT molecular complexity index is 1040. The van der Waals surface area contributed by atoms with E-state index in [1.807, 2.05) is 39.1 Å². The Balaban J connectivity index is 1.69. The molecule has 0 radical (unpaired) electrons. The fraction of sp³-hybridized carbons (Fsp3) is 0.318. The first-order chi connectivity index (χ1) is 14.9. The molecule has 0 fully saturated rings. The van der Waals surface area contributed by atoms with Crippen molar-refractivity contribution in [3.05, 3.63) is 60.2 Å². The molecule has 2 unspecified atom stereocenters. The van der Waals surface area contributed by atoms with Crippen LogP contribution in [0.3, 0.4) is 0 Å². The quantitative estimate of drug-likeness (QED) is 0.486. The summed E-state index contributed by atoms with van der Waals surface area (Å²) < 4.78 is 26.9. The topological polar surface area (TPSA) is 78.3 Å². The lowest BCUT2D eigenvalue weighted by Crippen LogP contribution is -2.25. The van der Waals surface area contributed by atoms with Gasteiger partial charge in [-0.3, -0.25) is 4.79 Å². The van der Waals surface area contributed by atoms with E-state index in [9.17, 15) is 9.18 Å². The zero-order valence-electron chi connectivity index (χ0n) is 17.8. The summed E-state index contributed by atoms with van der Waals surface area (Å²) in [7, 11) is 3.42. The summed E-state index contributed by atoms with van der Waals surface area (Å²) >= 11 is 1.28. The number of hydrogen-bond acceptors (Lipinski definition) is 6. The minimum absolute atomic E-state index is 0.158. The van der Waals surface area contributed by atoms with Gasteiger partial charge in [-0.2, -0.15) is 0 Å². The van der Waals surface area contributed by atoms with E-state index in [-0.39, 0.29) is 17.7 Å². The molecule has 0 aliphatic carbocycles. The van der Waals surface area contributed by atoms with Crippen molar-refractivity contribution in [2.75, 3.05) is 12.4 Å². The number of halogens is 1. The van der Waals surface area contributed by atoms with Crippen LogP contribution in [0.1, 0.15) is 32.2 Å². The third kappa shape index (κ3) is 5.55. The van der Waals surface area contributed by atoms with E-state index in [1.54, 1.807) is 29.9 Å². The second kappa shape index (κ2) is 10.3. The van der Waals surface area contributed by atoms with Crippen LogP contribution in [0.5, 0.6) is 11.5 Å². The zero-order valence-corrected chi connectivity index (χ0v) is 18.6. The van der Waals surface area contributed by atoms with Gasteiger partial charge in [0, 0.05) is 13.1 Å². The van der Waals surface area contributed by atoms with E-state index in [0.29, 0.717) is 28.9 Å². The number of para-hydroxylation sites is 1. The summed E-state index contributed by atoms with van der Waals surface area (Å²) in [6.07, 6.45) is 0.175. The molecule has 2 aromatic carbocycles. The molecule has 2 atom stereocenters. The summed E-state index contributed by atoms with van der Waals surface area (Å²) in [5.74, 6) is 1.21. The lowest BCUT2D eigenvalue weighted by atomic mass is 10.2. The minimum Gasteiger partial charge on any atom is -0.497 e. The number of carbonyl (C=O) groups excluding carboxylic acids is 1. The Morgan fingerprint density at radius 2 is 1.94 bits per heavy atom. The van der Waals surface area contributed by atoms with Gasteiger partial charge in [-0.25, -0.2) is 4.39 Å². The molecule has 1 N–H and O–H groups in total. The number of ether oxygens (including phenoxy) is 2. The van der Waals surface area contributed by atoms with Crippen molar-refractivity contribution in [1.29, 1.82) is 0 Å². The maximum absolute atomic E-state index is 13.9. The zero-order chi connectivity index (χ0) is 22.4. The number of anilines is 1. The first-order valence-electron chi connectivity index (χ1n) is 9.85. The monoisotopic (exact) mass is 444 g/mol. The number of carbonyl (C=O) groups is 1. The Kier molecular flexibility index (Phi) is 7.51. The summed E-state index contributed by atoms with van der Waals surface area (Å²) in [5.41, 5.74) is 0.158. The minimum atomic E-state index is -0.472. The Labute approximate surface area is 185 Å². The number of nitrogens with zero attached hydrogens (tertiary/aromatic N) is 3. The molecule has 9 heteroatoms. The smallest absolute Gasteiger partial charge is 0.238 e. The molecule has 0 saturated carbocycles. The van der Waals surface area contributed by atoms with Gasteiger partial charge in [-0.1, -0.05) is 36.9 Å². The largest absolute Gasteiger partial charge is 0.497 e. The third-order valence-corrected chi connectivity index (χ3v) is 6.03. The van der Waals surface area contributed by atoms with E-state index >= 15 is 0 Å². The highest BCUT2D eigenvalue weighted by Gasteiger charge is 2.24. The molecular formula is C22H25FN4O3S. The van der Waals surface area contributed by atoms with E-state index in [1.165, 1.54) is 23.9 Å². The average Bonchev–Trinajstić information content (AvgIpc) is 3.13. The molecule has 3 aromatic rings. The van der Waals surface area contributed by atoms with Gasteiger partial charge in [0.25, 0.3) is 0 Å². The molecule has 3 rings (SSSR count). The van der Waals surface area contributed by atoms with Gasteiger partial charge in [0.1, 0.15) is 17.3 Å². The molecule has 0 saturated heterocycles. The molecule has 1 aromatic heterocycles. The molecule has 1 heterocycles. The fourth-order valence-electron chi connectivity index (χ4n) is 2.94. The number of amides is 1. The van der Waals surface area contributed by atoms with Crippen molar-refractivity contribution in [3.8, 4) is 11.5 Å². The average molecular weight is 445 g/mol. The van der Waals surface area contributed by atoms with Crippen molar-refractivity contribution in [2.45, 2.75) is 36.8 Å². The highest BCUT2D eigenvalue weighted by molar-refractivity contribution is 8.00. The predicted octanol–water partition coefficient (Wildman–Crippen LogP) is 4.61. The standard InChI is InChI=1S/C22H25FN4O3S/c1-5-19(21(28)24-18-12-7-6-11-17(18)23)31-22-26-25-20(27(22)3)14(2)30-16-10-8-9-15(13-16)29-4/h6-14,19H,5H2,1-4H3,(H,24,28). The Hall–Kier alpha value is -3.07. The molecule has 7 nitrogen and oxygen atoms in total. The number of nitrogens with one attached hydrogen (secondary N) is 1. The van der Waals surface area contributed by atoms with Crippen LogP contribution in [0, 0.1) is 5.82 Å². The summed E-state index contributed by atoms with van der Waals surface area (Å²) in [4.78, 5) is 12.7. The summed E-state index contributed by atoms with van der Waals surface area (Å²) in [6.45, 7) is 3.77. The first-order valence-corrected chi connectivity index (χ1v) is 10.7. The van der Waals surface area contributed by atoms with E-state index < -0.39 is 11.1 Å². The normalized spacial score (nSPS) is 12.8. The second-order valence-electron chi connectivity index (χ2n) is 6.82. The van der Waals surface area contributed by atoms with Crippen LogP contribution < -0.4 is 14.8 Å². The van der Waals surface area contributed by atoms with Gasteiger partial charge < -0.3 is 19.4 Å². The van der Waals surface area contributed by atoms with Crippen molar-refractivity contribution >= 4 is 23.4 Å². The van der Waals surface area contributed by atoms with Crippen LogP contribution in [0.2, 0.25) is 0 Å². The molecule has 0 aliphatic rings. The van der Waals surface area contributed by atoms with Crippen LogP contribution in [0.25, 0.3) is 0 Å². The molecule has 0 bridgehead atoms. The van der Waals surface area contributed by atoms with Gasteiger partial charge in [0.05, 0.1) is 18.0 Å². The Morgan fingerprint density at radius 3 is 2.65 bits per heavy atom. The molecule has 1 amide bonds. The van der Waals surface area contributed by atoms with Crippen molar-refractivity contribution in [2.24, 2.45) is 7.05 Å². The predicted molar refractivity (Wildman–Crippen MR) is 118 cm³/mol. The van der Waals surface area contributed by atoms with E-state index in [2.05, 4.69) is 15.5 Å². The van der Waals surface area contributed by atoms with Gasteiger partial charge >= 0.3 is 0 Å². The van der Waals surface area contributed by atoms with Crippen LogP contribution in [-0.2, 0) is 11.8 Å². The van der Waals surface area contributed by atoms with Crippen molar-refractivity contribution in [3.63, 3.8) is 0 Å². The summed E-state index contributed by atoms with van der Waals surface area (Å²) in [5, 5.41) is 11.2. The van der Waals surface area contributed by atoms with Gasteiger partial charge in [0.2, 0.25) is 5.91 Å². The maximum Gasteiger partial charge on any atom is 0.238 e. The number of aromatic nitrogens is 3. The SMILES string of the molecule is CCC(Sc1nnc(C(C)Oc2cccc(OC)c2)n1C)C(=O)Nc1ccccc1F. The van der Waals surface area contributed by atoms with Crippen LogP contribution in [0.15, 0.2) is 53.7 Å².